The van der Waals surface area contributed by atoms with Crippen molar-refractivity contribution in [1.29, 1.82) is 0 Å². The van der Waals surface area contributed by atoms with Crippen molar-refractivity contribution in [2.45, 2.75) is 25.0 Å². The summed E-state index contributed by atoms with van der Waals surface area (Å²) in [7, 11) is 0. The molecule has 4 aromatic carbocycles. The van der Waals surface area contributed by atoms with Gasteiger partial charge in [-0.2, -0.15) is 0 Å². The number of benzene rings is 4. The highest BCUT2D eigenvalue weighted by molar-refractivity contribution is 9.10. The van der Waals surface area contributed by atoms with Gasteiger partial charge < -0.3 is 10.1 Å². The van der Waals surface area contributed by atoms with Crippen LogP contribution in [0.3, 0.4) is 0 Å². The zero-order valence-electron chi connectivity index (χ0n) is 20.1. The molecule has 0 radical (unpaired) electrons. The molecule has 37 heavy (non-hydrogen) atoms. The van der Waals surface area contributed by atoms with E-state index in [1.54, 1.807) is 0 Å². The molecule has 0 saturated carbocycles. The van der Waals surface area contributed by atoms with Crippen molar-refractivity contribution in [1.82, 2.24) is 0 Å². The number of allylic oxidation sites excluding steroid dienone is 2. The first-order valence-electron chi connectivity index (χ1n) is 12.5. The number of para-hydroxylation sites is 1. The monoisotopic (exact) mass is 568 g/mol. The molecule has 1 heterocycles. The Morgan fingerprint density at radius 2 is 1.78 bits per heavy atom. The molecule has 1 N–H and O–H groups in total. The minimum Gasteiger partial charge on any atom is -0.488 e. The van der Waals surface area contributed by atoms with Crippen LogP contribution in [0.2, 0.25) is 5.02 Å². The standard InChI is InChI=1S/C32H26BrClN2O/c33-28-18-21(12-17-31(28)37-20-23-6-1-3-10-29(23)34)19-35-24-15-13-22(14-16-24)32-27-9-5-8-25(27)26-7-2-4-11-30(26)36-32/h1-8,10-19,25,27,32,36H,9,20H2/t25-,27-,32+/m1/s1. The lowest BCUT2D eigenvalue weighted by molar-refractivity contribution is 0.304. The molecule has 3 atom stereocenters. The lowest BCUT2D eigenvalue weighted by atomic mass is 9.77. The molecule has 5 heteroatoms. The van der Waals surface area contributed by atoms with Crippen molar-refractivity contribution in [3.8, 4) is 5.75 Å². The molecule has 6 rings (SSSR count). The molecule has 0 spiro atoms. The van der Waals surface area contributed by atoms with E-state index >= 15 is 0 Å². The Bertz CT molecular complexity index is 1480. The highest BCUT2D eigenvalue weighted by Crippen LogP contribution is 2.49. The largest absolute Gasteiger partial charge is 0.488 e. The van der Waals surface area contributed by atoms with Crippen molar-refractivity contribution in [2.75, 3.05) is 5.32 Å². The van der Waals surface area contributed by atoms with Crippen LogP contribution in [-0.4, -0.2) is 6.21 Å². The Hall–Kier alpha value is -3.34. The van der Waals surface area contributed by atoms with Crippen LogP contribution in [0.15, 0.2) is 113 Å². The van der Waals surface area contributed by atoms with E-state index < -0.39 is 0 Å². The summed E-state index contributed by atoms with van der Waals surface area (Å²) >= 11 is 9.86. The number of halogens is 2. The summed E-state index contributed by atoms with van der Waals surface area (Å²) < 4.78 is 6.83. The molecule has 1 aliphatic heterocycles. The molecule has 4 aromatic rings. The van der Waals surface area contributed by atoms with Crippen LogP contribution < -0.4 is 10.1 Å². The molecule has 3 nitrogen and oxygen atoms in total. The Morgan fingerprint density at radius 3 is 2.62 bits per heavy atom. The lowest BCUT2D eigenvalue weighted by Crippen LogP contribution is -2.28. The Kier molecular flexibility index (Phi) is 6.86. The molecule has 0 saturated heterocycles. The minimum absolute atomic E-state index is 0.294. The molecule has 0 unspecified atom stereocenters. The van der Waals surface area contributed by atoms with E-state index in [9.17, 15) is 0 Å². The molecule has 0 aromatic heterocycles. The molecule has 0 amide bonds. The zero-order chi connectivity index (χ0) is 25.2. The number of nitrogens with one attached hydrogen (secondary N) is 1. The summed E-state index contributed by atoms with van der Waals surface area (Å²) in [6.07, 6.45) is 7.68. The number of rotatable bonds is 6. The van der Waals surface area contributed by atoms with E-state index in [0.29, 0.717) is 29.5 Å². The molecule has 184 valence electrons. The van der Waals surface area contributed by atoms with Gasteiger partial charge >= 0.3 is 0 Å². The lowest BCUT2D eigenvalue weighted by Gasteiger charge is -2.37. The summed E-state index contributed by atoms with van der Waals surface area (Å²) in [5, 5.41) is 4.50. The van der Waals surface area contributed by atoms with Crippen molar-refractivity contribution in [2.24, 2.45) is 10.9 Å². The topological polar surface area (TPSA) is 33.6 Å². The fourth-order valence-electron chi connectivity index (χ4n) is 5.28. The predicted molar refractivity (Wildman–Crippen MR) is 156 cm³/mol. The number of hydrogen-bond acceptors (Lipinski definition) is 3. The summed E-state index contributed by atoms with van der Waals surface area (Å²) in [4.78, 5) is 4.70. The van der Waals surface area contributed by atoms with E-state index in [0.717, 1.165) is 33.5 Å². The maximum Gasteiger partial charge on any atom is 0.134 e. The maximum atomic E-state index is 6.24. The molecule has 1 aliphatic carbocycles. The third-order valence-electron chi connectivity index (χ3n) is 7.18. The Labute approximate surface area is 231 Å². The van der Waals surface area contributed by atoms with E-state index in [1.165, 1.54) is 16.8 Å². The fraction of sp³-hybridized carbons (Fsp3) is 0.156. The van der Waals surface area contributed by atoms with E-state index in [-0.39, 0.29) is 0 Å². The van der Waals surface area contributed by atoms with E-state index in [4.69, 9.17) is 21.3 Å². The third-order valence-corrected chi connectivity index (χ3v) is 8.17. The zero-order valence-corrected chi connectivity index (χ0v) is 22.5. The smallest absolute Gasteiger partial charge is 0.134 e. The summed E-state index contributed by atoms with van der Waals surface area (Å²) in [5.74, 6) is 1.79. The first-order chi connectivity index (χ1) is 18.2. The summed E-state index contributed by atoms with van der Waals surface area (Å²) in [6.45, 7) is 0.414. The maximum absolute atomic E-state index is 6.24. The van der Waals surface area contributed by atoms with Crippen LogP contribution in [0.25, 0.3) is 0 Å². The molecule has 0 bridgehead atoms. The van der Waals surface area contributed by atoms with Gasteiger partial charge in [0.25, 0.3) is 0 Å². The molecule has 2 aliphatic rings. The average molecular weight is 570 g/mol. The van der Waals surface area contributed by atoms with Crippen molar-refractivity contribution < 1.29 is 4.74 Å². The van der Waals surface area contributed by atoms with Crippen molar-refractivity contribution in [3.63, 3.8) is 0 Å². The van der Waals surface area contributed by atoms with Gasteiger partial charge in [0.1, 0.15) is 12.4 Å². The van der Waals surface area contributed by atoms with Crippen LogP contribution in [-0.2, 0) is 6.61 Å². The summed E-state index contributed by atoms with van der Waals surface area (Å²) in [5.41, 5.74) is 6.83. The first kappa shape index (κ1) is 24.0. The van der Waals surface area contributed by atoms with Crippen LogP contribution in [0.1, 0.15) is 40.6 Å². The van der Waals surface area contributed by atoms with Gasteiger partial charge in [-0.15, -0.1) is 0 Å². The Balaban J connectivity index is 1.13. The number of fused-ring (bicyclic) bond motifs is 3. The number of aliphatic imine (C=N–C) groups is 1. The van der Waals surface area contributed by atoms with E-state index in [1.807, 2.05) is 48.7 Å². The van der Waals surface area contributed by atoms with Crippen LogP contribution in [0.4, 0.5) is 11.4 Å². The highest BCUT2D eigenvalue weighted by atomic mass is 79.9. The van der Waals surface area contributed by atoms with Gasteiger partial charge in [0.15, 0.2) is 0 Å². The van der Waals surface area contributed by atoms with Gasteiger partial charge in [0.05, 0.1) is 16.2 Å². The number of anilines is 1. The first-order valence-corrected chi connectivity index (χ1v) is 13.6. The molecule has 0 fully saturated rings. The number of nitrogens with zero attached hydrogens (tertiary/aromatic N) is 1. The van der Waals surface area contributed by atoms with Gasteiger partial charge in [-0.25, -0.2) is 0 Å². The average Bonchev–Trinajstić information content (AvgIpc) is 3.43. The fourth-order valence-corrected chi connectivity index (χ4v) is 5.98. The molecular weight excluding hydrogens is 544 g/mol. The van der Waals surface area contributed by atoms with Gasteiger partial charge in [-0.3, -0.25) is 4.99 Å². The third kappa shape index (κ3) is 5.09. The molecular formula is C32H26BrClN2O. The van der Waals surface area contributed by atoms with Gasteiger partial charge in [0.2, 0.25) is 0 Å². The number of hydrogen-bond donors (Lipinski definition) is 1. The second-order valence-electron chi connectivity index (χ2n) is 9.48. The Morgan fingerprint density at radius 1 is 0.973 bits per heavy atom. The SMILES string of the molecule is Clc1ccccc1COc1ccc(C=Nc2ccc([C@@H]3Nc4ccccc4[C@H]4C=CC[C@H]43)cc2)cc1Br. The van der Waals surface area contributed by atoms with Gasteiger partial charge in [0, 0.05) is 28.4 Å². The normalized spacial score (nSPS) is 19.9. The predicted octanol–water partition coefficient (Wildman–Crippen LogP) is 9.26. The highest BCUT2D eigenvalue weighted by Gasteiger charge is 2.37. The van der Waals surface area contributed by atoms with Crippen molar-refractivity contribution in [3.05, 3.63) is 135 Å². The van der Waals surface area contributed by atoms with E-state index in [2.05, 4.69) is 81.9 Å². The van der Waals surface area contributed by atoms with Gasteiger partial charge in [-0.1, -0.05) is 72.3 Å². The van der Waals surface area contributed by atoms with Gasteiger partial charge in [-0.05, 0) is 87.4 Å². The quantitative estimate of drug-likeness (QED) is 0.185. The second kappa shape index (κ2) is 10.6. The minimum atomic E-state index is 0.294. The van der Waals surface area contributed by atoms with Crippen molar-refractivity contribution >= 4 is 45.1 Å². The van der Waals surface area contributed by atoms with Crippen LogP contribution in [0.5, 0.6) is 5.75 Å². The second-order valence-corrected chi connectivity index (χ2v) is 10.7. The van der Waals surface area contributed by atoms with Crippen LogP contribution >= 0.6 is 27.5 Å². The number of ether oxygens (including phenoxy) is 1. The van der Waals surface area contributed by atoms with Crippen LogP contribution in [0, 0.1) is 5.92 Å². The summed E-state index contributed by atoms with van der Waals surface area (Å²) in [6, 6.07) is 31.2.